The largest absolute Gasteiger partial charge is 0.318 e. The lowest BCUT2D eigenvalue weighted by atomic mass is 10.6. The summed E-state index contributed by atoms with van der Waals surface area (Å²) in [6.07, 6.45) is 0. The van der Waals surface area contributed by atoms with Crippen molar-refractivity contribution in [2.45, 2.75) is 0 Å². The fraction of sp³-hybridized carbons (Fsp3) is 1.00. The van der Waals surface area contributed by atoms with Gasteiger partial charge in [0.25, 0.3) is 0 Å². The van der Waals surface area contributed by atoms with E-state index >= 15 is 0 Å². The van der Waals surface area contributed by atoms with Crippen LogP contribution in [0, 0.1) is 0 Å². The van der Waals surface area contributed by atoms with E-state index in [1.165, 1.54) is 0 Å². The van der Waals surface area contributed by atoms with Crippen molar-refractivity contribution in [3.63, 3.8) is 0 Å². The van der Waals surface area contributed by atoms with Gasteiger partial charge in [-0.05, 0) is 14.1 Å². The van der Waals surface area contributed by atoms with Crippen LogP contribution < -0.4 is 0 Å². The molecule has 0 spiro atoms. The summed E-state index contributed by atoms with van der Waals surface area (Å²) in [4.78, 5) is 2.18. The van der Waals surface area contributed by atoms with E-state index in [1.807, 2.05) is 0 Å². The van der Waals surface area contributed by atoms with Crippen LogP contribution in [-0.2, 0) is 0 Å². The summed E-state index contributed by atoms with van der Waals surface area (Å²) in [5.41, 5.74) is 0. The standard InChI is InChI=1S/C6H17N2/c1-7(2)6-8(3,4)5/h6H2,1-5H3/q+1. The van der Waals surface area contributed by atoms with Crippen LogP contribution in [0.1, 0.15) is 0 Å². The first kappa shape index (κ1) is 7.92. The Hall–Kier alpha value is -0.0800. The average Bonchev–Trinajstić information content (AvgIpc) is 1.21. The second kappa shape index (κ2) is 2.46. The Bertz CT molecular complexity index is 61.4. The van der Waals surface area contributed by atoms with Crippen molar-refractivity contribution in [2.24, 2.45) is 0 Å². The van der Waals surface area contributed by atoms with E-state index in [2.05, 4.69) is 40.1 Å². The van der Waals surface area contributed by atoms with Gasteiger partial charge < -0.3 is 4.48 Å². The molecule has 0 saturated heterocycles. The van der Waals surface area contributed by atoms with E-state index in [1.54, 1.807) is 0 Å². The third-order valence-corrected chi connectivity index (χ3v) is 0.707. The Morgan fingerprint density at radius 1 is 1.12 bits per heavy atom. The summed E-state index contributed by atoms with van der Waals surface area (Å²) in [6.45, 7) is 1.10. The molecule has 0 bridgehead atoms. The first-order valence-corrected chi connectivity index (χ1v) is 2.87. The van der Waals surface area contributed by atoms with Gasteiger partial charge in [-0.25, -0.2) is 0 Å². The molecule has 0 aromatic rings. The minimum absolute atomic E-state index is 1.01. The van der Waals surface area contributed by atoms with Crippen molar-refractivity contribution >= 4 is 0 Å². The molecule has 0 aliphatic carbocycles. The fourth-order valence-corrected chi connectivity index (χ4v) is 0.849. The van der Waals surface area contributed by atoms with Crippen molar-refractivity contribution in [3.05, 3.63) is 0 Å². The second-order valence-electron chi connectivity index (χ2n) is 3.51. The first-order chi connectivity index (χ1) is 3.42. The molecule has 0 heterocycles. The topological polar surface area (TPSA) is 3.24 Å². The molecule has 0 aromatic carbocycles. The smallest absolute Gasteiger partial charge is 0.133 e. The van der Waals surface area contributed by atoms with Gasteiger partial charge in [0.05, 0.1) is 21.1 Å². The van der Waals surface area contributed by atoms with E-state index in [0.717, 1.165) is 11.2 Å². The zero-order valence-corrected chi connectivity index (χ0v) is 6.60. The van der Waals surface area contributed by atoms with E-state index in [9.17, 15) is 0 Å². The van der Waals surface area contributed by atoms with Gasteiger partial charge in [0.2, 0.25) is 0 Å². The Labute approximate surface area is 52.3 Å². The molecule has 0 fully saturated rings. The highest BCUT2D eigenvalue weighted by molar-refractivity contribution is 4.23. The third kappa shape index (κ3) is 5.92. The molecule has 0 N–H and O–H groups in total. The van der Waals surface area contributed by atoms with Gasteiger partial charge in [-0.1, -0.05) is 0 Å². The van der Waals surface area contributed by atoms with Crippen LogP contribution in [0.5, 0.6) is 0 Å². The first-order valence-electron chi connectivity index (χ1n) is 2.87. The van der Waals surface area contributed by atoms with Crippen LogP contribution in [0.25, 0.3) is 0 Å². The summed E-state index contributed by atoms with van der Waals surface area (Å²) in [5, 5.41) is 0. The summed E-state index contributed by atoms with van der Waals surface area (Å²) < 4.78 is 1.01. The van der Waals surface area contributed by atoms with Gasteiger partial charge >= 0.3 is 0 Å². The monoisotopic (exact) mass is 117 g/mol. The van der Waals surface area contributed by atoms with Crippen LogP contribution in [0.3, 0.4) is 0 Å². The van der Waals surface area contributed by atoms with Crippen molar-refractivity contribution < 1.29 is 4.48 Å². The Morgan fingerprint density at radius 3 is 1.50 bits per heavy atom. The maximum Gasteiger partial charge on any atom is 0.133 e. The molecule has 0 saturated carbocycles. The lowest BCUT2D eigenvalue weighted by Crippen LogP contribution is -2.42. The zero-order chi connectivity index (χ0) is 6.78. The van der Waals surface area contributed by atoms with Crippen molar-refractivity contribution in [2.75, 3.05) is 41.9 Å². The van der Waals surface area contributed by atoms with Gasteiger partial charge in [-0.3, -0.25) is 4.90 Å². The van der Waals surface area contributed by atoms with Crippen LogP contribution >= 0.6 is 0 Å². The van der Waals surface area contributed by atoms with E-state index < -0.39 is 0 Å². The van der Waals surface area contributed by atoms with E-state index in [-0.39, 0.29) is 0 Å². The molecule has 2 nitrogen and oxygen atoms in total. The predicted octanol–water partition coefficient (Wildman–Crippen LogP) is 0.212. The molecule has 2 heteroatoms. The number of quaternary nitrogens is 1. The zero-order valence-electron chi connectivity index (χ0n) is 6.60. The van der Waals surface area contributed by atoms with Crippen molar-refractivity contribution in [3.8, 4) is 0 Å². The summed E-state index contributed by atoms with van der Waals surface area (Å²) in [6, 6.07) is 0. The van der Waals surface area contributed by atoms with Crippen LogP contribution in [0.15, 0.2) is 0 Å². The van der Waals surface area contributed by atoms with Crippen LogP contribution in [0.2, 0.25) is 0 Å². The van der Waals surface area contributed by atoms with Crippen LogP contribution in [0.4, 0.5) is 0 Å². The Morgan fingerprint density at radius 2 is 1.50 bits per heavy atom. The lowest BCUT2D eigenvalue weighted by Gasteiger charge is -2.27. The van der Waals surface area contributed by atoms with Gasteiger partial charge in [-0.2, -0.15) is 0 Å². The van der Waals surface area contributed by atoms with Crippen molar-refractivity contribution in [1.82, 2.24) is 4.90 Å². The molecular formula is C6H17N2+. The number of hydrogen-bond donors (Lipinski definition) is 0. The highest BCUT2D eigenvalue weighted by Crippen LogP contribution is 1.89. The van der Waals surface area contributed by atoms with Gasteiger partial charge in [-0.15, -0.1) is 0 Å². The minimum Gasteiger partial charge on any atom is -0.318 e. The molecule has 0 aliphatic heterocycles. The Balaban J connectivity index is 3.39. The molecule has 0 rings (SSSR count). The molecule has 0 radical (unpaired) electrons. The van der Waals surface area contributed by atoms with E-state index in [4.69, 9.17) is 0 Å². The van der Waals surface area contributed by atoms with Gasteiger partial charge in [0, 0.05) is 0 Å². The molecule has 0 unspecified atom stereocenters. The van der Waals surface area contributed by atoms with Crippen molar-refractivity contribution in [1.29, 1.82) is 0 Å². The summed E-state index contributed by atoms with van der Waals surface area (Å²) >= 11 is 0. The SMILES string of the molecule is CN(C)C[N+](C)(C)C. The molecule has 0 aliphatic rings. The third-order valence-electron chi connectivity index (χ3n) is 0.707. The highest BCUT2D eigenvalue weighted by Gasteiger charge is 2.05. The molecule has 0 amide bonds. The normalized spacial score (nSPS) is 12.8. The second-order valence-corrected chi connectivity index (χ2v) is 3.51. The predicted molar refractivity (Wildman–Crippen MR) is 36.6 cm³/mol. The molecular weight excluding hydrogens is 100 g/mol. The maximum absolute atomic E-state index is 2.18. The fourth-order valence-electron chi connectivity index (χ4n) is 0.849. The Kier molecular flexibility index (Phi) is 2.44. The number of hydrogen-bond acceptors (Lipinski definition) is 1. The minimum atomic E-state index is 1.01. The van der Waals surface area contributed by atoms with Gasteiger partial charge in [0.15, 0.2) is 0 Å². The van der Waals surface area contributed by atoms with E-state index in [0.29, 0.717) is 0 Å². The van der Waals surface area contributed by atoms with Crippen LogP contribution in [-0.4, -0.2) is 51.3 Å². The summed E-state index contributed by atoms with van der Waals surface area (Å²) in [5.74, 6) is 0. The molecule has 0 atom stereocenters. The molecule has 8 heavy (non-hydrogen) atoms. The maximum atomic E-state index is 2.18. The molecule has 50 valence electrons. The highest BCUT2D eigenvalue weighted by atomic mass is 15.4. The number of rotatable bonds is 2. The quantitative estimate of drug-likeness (QED) is 0.369. The summed E-state index contributed by atoms with van der Waals surface area (Å²) in [7, 11) is 10.7. The lowest BCUT2D eigenvalue weighted by molar-refractivity contribution is -0.880. The number of nitrogens with zero attached hydrogens (tertiary/aromatic N) is 2. The van der Waals surface area contributed by atoms with Gasteiger partial charge in [0.1, 0.15) is 6.67 Å². The average molecular weight is 117 g/mol. The molecule has 0 aromatic heterocycles.